The summed E-state index contributed by atoms with van der Waals surface area (Å²) in [7, 11) is 1.68. The minimum absolute atomic E-state index is 0.165. The van der Waals surface area contributed by atoms with Crippen molar-refractivity contribution >= 4 is 28.3 Å². The van der Waals surface area contributed by atoms with Gasteiger partial charge in [-0.2, -0.15) is 10.1 Å². The molecule has 1 aromatic carbocycles. The molecule has 148 valence electrons. The van der Waals surface area contributed by atoms with Gasteiger partial charge in [-0.25, -0.2) is 4.98 Å². The number of H-pyrrole nitrogens is 2. The fourth-order valence-electron chi connectivity index (χ4n) is 3.78. The highest BCUT2D eigenvalue weighted by molar-refractivity contribution is 7.10. The maximum Gasteiger partial charge on any atom is 0.263 e. The van der Waals surface area contributed by atoms with Gasteiger partial charge in [-0.15, -0.1) is 11.3 Å². The van der Waals surface area contributed by atoms with Crippen molar-refractivity contribution in [2.45, 2.75) is 18.8 Å². The van der Waals surface area contributed by atoms with Crippen LogP contribution in [0.4, 0.5) is 5.95 Å². The average Bonchev–Trinajstić information content (AvgIpc) is 3.44. The monoisotopic (exact) mass is 408 g/mol. The van der Waals surface area contributed by atoms with Crippen LogP contribution in [0, 0.1) is 0 Å². The predicted molar refractivity (Wildman–Crippen MR) is 113 cm³/mol. The number of aromatic nitrogens is 5. The zero-order valence-corrected chi connectivity index (χ0v) is 16.7. The summed E-state index contributed by atoms with van der Waals surface area (Å²) in [6.45, 7) is 1.63. The molecule has 3 aromatic heterocycles. The maximum atomic E-state index is 12.2. The Bertz CT molecular complexity index is 1200. The molecule has 8 nitrogen and oxygen atoms in total. The second kappa shape index (κ2) is 7.32. The normalized spacial score (nSPS) is 15.1. The van der Waals surface area contributed by atoms with Gasteiger partial charge in [0.05, 0.1) is 24.0 Å². The lowest BCUT2D eigenvalue weighted by atomic mass is 9.98. The molecule has 2 N–H and O–H groups in total. The Hall–Kier alpha value is -3.20. The highest BCUT2D eigenvalue weighted by Crippen LogP contribution is 2.36. The molecule has 0 radical (unpaired) electrons. The average molecular weight is 408 g/mol. The molecule has 0 amide bonds. The van der Waals surface area contributed by atoms with E-state index in [1.807, 2.05) is 24.3 Å². The number of hydrogen-bond acceptors (Lipinski definition) is 7. The molecule has 0 spiro atoms. The van der Waals surface area contributed by atoms with Crippen molar-refractivity contribution < 1.29 is 4.74 Å². The van der Waals surface area contributed by atoms with Gasteiger partial charge in [0, 0.05) is 30.0 Å². The molecular formula is C20H20N6O2S. The van der Waals surface area contributed by atoms with Crippen LogP contribution in [-0.4, -0.2) is 45.3 Å². The molecule has 1 aliphatic heterocycles. The van der Waals surface area contributed by atoms with Crippen LogP contribution in [0.25, 0.3) is 22.3 Å². The van der Waals surface area contributed by atoms with Crippen molar-refractivity contribution in [2.24, 2.45) is 0 Å². The second-order valence-corrected chi connectivity index (χ2v) is 7.94. The minimum atomic E-state index is -0.165. The molecule has 1 fully saturated rings. The Morgan fingerprint density at radius 1 is 1.21 bits per heavy atom. The zero-order chi connectivity index (χ0) is 19.8. The van der Waals surface area contributed by atoms with Crippen molar-refractivity contribution in [1.82, 2.24) is 25.1 Å². The third-order valence-corrected chi connectivity index (χ3v) is 6.36. The van der Waals surface area contributed by atoms with Gasteiger partial charge in [0.15, 0.2) is 5.65 Å². The first-order chi connectivity index (χ1) is 14.2. The topological polar surface area (TPSA) is 99.8 Å². The standard InChI is InChI=1S/C20H20N6O2S/c1-28-16-5-3-2-4-13(16)15-11-29-19(22-15)12-6-8-26(9-7-12)20-23-17-14(10-21-25-17)18(27)24-20/h2-5,10-12H,6-9H2,1H3,(H2,21,23,24,25,27). The molecule has 0 bridgehead atoms. The minimum Gasteiger partial charge on any atom is -0.496 e. The number of aromatic amines is 2. The molecule has 0 aliphatic carbocycles. The summed E-state index contributed by atoms with van der Waals surface area (Å²) < 4.78 is 5.47. The van der Waals surface area contributed by atoms with Crippen LogP contribution in [0.2, 0.25) is 0 Å². The van der Waals surface area contributed by atoms with Crippen LogP contribution in [-0.2, 0) is 0 Å². The third kappa shape index (κ3) is 3.27. The second-order valence-electron chi connectivity index (χ2n) is 7.05. The number of thiazole rings is 1. The lowest BCUT2D eigenvalue weighted by Gasteiger charge is -2.31. The zero-order valence-electron chi connectivity index (χ0n) is 15.9. The Balaban J connectivity index is 1.32. The molecule has 0 atom stereocenters. The summed E-state index contributed by atoms with van der Waals surface area (Å²) in [6.07, 6.45) is 3.42. The van der Waals surface area contributed by atoms with Crippen LogP contribution >= 0.6 is 11.3 Å². The highest BCUT2D eigenvalue weighted by Gasteiger charge is 2.25. The largest absolute Gasteiger partial charge is 0.496 e. The molecular weight excluding hydrogens is 388 g/mol. The predicted octanol–water partition coefficient (Wildman–Crippen LogP) is 3.16. The Labute approximate surface area is 170 Å². The molecule has 5 rings (SSSR count). The van der Waals surface area contributed by atoms with Crippen molar-refractivity contribution in [1.29, 1.82) is 0 Å². The first kappa shape index (κ1) is 17.9. The van der Waals surface area contributed by atoms with E-state index in [9.17, 15) is 4.79 Å². The van der Waals surface area contributed by atoms with Gasteiger partial charge in [0.25, 0.3) is 5.56 Å². The number of benzene rings is 1. The van der Waals surface area contributed by atoms with E-state index in [2.05, 4.69) is 30.4 Å². The Morgan fingerprint density at radius 3 is 2.86 bits per heavy atom. The smallest absolute Gasteiger partial charge is 0.263 e. The lowest BCUT2D eigenvalue weighted by molar-refractivity contribution is 0.416. The van der Waals surface area contributed by atoms with Gasteiger partial charge in [-0.1, -0.05) is 12.1 Å². The van der Waals surface area contributed by atoms with E-state index in [-0.39, 0.29) is 5.56 Å². The Kier molecular flexibility index (Phi) is 4.51. The van der Waals surface area contributed by atoms with E-state index in [1.165, 1.54) is 6.20 Å². The summed E-state index contributed by atoms with van der Waals surface area (Å²) in [5.74, 6) is 1.84. The van der Waals surface area contributed by atoms with Crippen molar-refractivity contribution in [2.75, 3.05) is 25.1 Å². The first-order valence-electron chi connectivity index (χ1n) is 9.50. The molecule has 0 unspecified atom stereocenters. The van der Waals surface area contributed by atoms with Crippen LogP contribution in [0.1, 0.15) is 23.8 Å². The van der Waals surface area contributed by atoms with E-state index < -0.39 is 0 Å². The third-order valence-electron chi connectivity index (χ3n) is 5.36. The molecule has 0 saturated carbocycles. The number of rotatable bonds is 4. The van der Waals surface area contributed by atoms with Crippen LogP contribution in [0.5, 0.6) is 5.75 Å². The summed E-state index contributed by atoms with van der Waals surface area (Å²) >= 11 is 1.70. The number of para-hydroxylation sites is 1. The summed E-state index contributed by atoms with van der Waals surface area (Å²) in [5.41, 5.74) is 2.33. The number of piperidine rings is 1. The molecule has 29 heavy (non-hydrogen) atoms. The van der Waals surface area contributed by atoms with E-state index >= 15 is 0 Å². The van der Waals surface area contributed by atoms with Gasteiger partial charge < -0.3 is 9.64 Å². The number of fused-ring (bicyclic) bond motifs is 1. The van der Waals surface area contributed by atoms with E-state index in [4.69, 9.17) is 9.72 Å². The molecule has 9 heteroatoms. The van der Waals surface area contributed by atoms with E-state index in [0.717, 1.165) is 47.9 Å². The van der Waals surface area contributed by atoms with Gasteiger partial charge >= 0.3 is 0 Å². The van der Waals surface area contributed by atoms with E-state index in [0.29, 0.717) is 22.9 Å². The van der Waals surface area contributed by atoms with Crippen LogP contribution in [0.3, 0.4) is 0 Å². The number of nitrogens with zero attached hydrogens (tertiary/aromatic N) is 4. The molecule has 4 aromatic rings. The van der Waals surface area contributed by atoms with Crippen molar-refractivity contribution in [3.05, 3.63) is 51.2 Å². The Morgan fingerprint density at radius 2 is 2.03 bits per heavy atom. The van der Waals surface area contributed by atoms with E-state index in [1.54, 1.807) is 18.4 Å². The SMILES string of the molecule is COc1ccccc1-c1csc(C2CCN(c3nc4[nH]ncc4c(=O)[nH]3)CC2)n1. The maximum absolute atomic E-state index is 12.2. The number of nitrogens with one attached hydrogen (secondary N) is 2. The van der Waals surface area contributed by atoms with Gasteiger partial charge in [0.1, 0.15) is 11.1 Å². The lowest BCUT2D eigenvalue weighted by Crippen LogP contribution is -2.35. The summed E-state index contributed by atoms with van der Waals surface area (Å²) in [4.78, 5) is 26.6. The first-order valence-corrected chi connectivity index (χ1v) is 10.4. The fraction of sp³-hybridized carbons (Fsp3) is 0.300. The van der Waals surface area contributed by atoms with Crippen molar-refractivity contribution in [3.63, 3.8) is 0 Å². The summed E-state index contributed by atoms with van der Waals surface area (Å²) in [5, 5.41) is 10.4. The fourth-order valence-corrected chi connectivity index (χ4v) is 4.77. The van der Waals surface area contributed by atoms with Gasteiger partial charge in [-0.3, -0.25) is 14.9 Å². The number of anilines is 1. The summed E-state index contributed by atoms with van der Waals surface area (Å²) in [6, 6.07) is 7.95. The van der Waals surface area contributed by atoms with Crippen molar-refractivity contribution in [3.8, 4) is 17.0 Å². The molecule has 4 heterocycles. The van der Waals surface area contributed by atoms with Gasteiger partial charge in [-0.05, 0) is 25.0 Å². The number of methoxy groups -OCH3 is 1. The van der Waals surface area contributed by atoms with Gasteiger partial charge in [0.2, 0.25) is 5.95 Å². The highest BCUT2D eigenvalue weighted by atomic mass is 32.1. The van der Waals surface area contributed by atoms with Crippen LogP contribution < -0.4 is 15.2 Å². The number of hydrogen-bond donors (Lipinski definition) is 2. The van der Waals surface area contributed by atoms with Crippen LogP contribution in [0.15, 0.2) is 40.6 Å². The quantitative estimate of drug-likeness (QED) is 0.538. The molecule has 1 aliphatic rings. The number of ether oxygens (including phenoxy) is 1. The molecule has 1 saturated heterocycles.